The minimum absolute atomic E-state index is 0.0977. The number of rotatable bonds is 25. The van der Waals surface area contributed by atoms with E-state index in [4.69, 9.17) is 0 Å². The highest BCUT2D eigenvalue weighted by atomic mass is 16.3. The Morgan fingerprint density at radius 3 is 1.02 bits per heavy atom. The van der Waals surface area contributed by atoms with E-state index in [1.165, 1.54) is 0 Å². The Labute approximate surface area is 501 Å². The van der Waals surface area contributed by atoms with Crippen molar-refractivity contribution >= 4 is 22.1 Å². The molecule has 0 bridgehead atoms. The first-order valence-electron chi connectivity index (χ1n) is 28.7. The van der Waals surface area contributed by atoms with Gasteiger partial charge in [-0.15, -0.1) is 0 Å². The Morgan fingerprint density at radius 2 is 0.709 bits per heavy atom. The van der Waals surface area contributed by atoms with Crippen LogP contribution in [0, 0.1) is 0 Å². The molecular weight excluding hydrogens is 1080 g/mol. The van der Waals surface area contributed by atoms with E-state index in [0.717, 1.165) is 145 Å². The van der Waals surface area contributed by atoms with Gasteiger partial charge in [0.15, 0.2) is 0 Å². The largest absolute Gasteiger partial charge is 0.395 e. The minimum atomic E-state index is 0.0977. The van der Waals surface area contributed by atoms with Gasteiger partial charge in [0.2, 0.25) is 0 Å². The van der Waals surface area contributed by atoms with Gasteiger partial charge in [0.1, 0.15) is 34.9 Å². The van der Waals surface area contributed by atoms with Crippen LogP contribution in [-0.2, 0) is 93.6 Å². The van der Waals surface area contributed by atoms with Crippen LogP contribution in [-0.4, -0.2) is 124 Å². The topological polar surface area (TPSA) is 234 Å². The molecule has 444 valence electrons. The number of aliphatic hydroxyl groups is 1. The van der Waals surface area contributed by atoms with Gasteiger partial charge in [0, 0.05) is 148 Å². The number of aryl methyl sites for hydroxylation is 4. The normalized spacial score (nSPS) is 11.2. The molecule has 0 aliphatic carbocycles. The van der Waals surface area contributed by atoms with Crippen LogP contribution in [0.1, 0.15) is 57.7 Å². The van der Waals surface area contributed by atoms with Crippen LogP contribution in [0.3, 0.4) is 0 Å². The van der Waals surface area contributed by atoms with Gasteiger partial charge in [-0.05, 0) is 72.8 Å². The zero-order valence-electron chi connectivity index (χ0n) is 49.4. The van der Waals surface area contributed by atoms with Crippen LogP contribution >= 0.6 is 0 Å². The maximum Gasteiger partial charge on any atom is 0.122 e. The number of aliphatic hydroxyl groups excluding tert-OH is 1. The summed E-state index contributed by atoms with van der Waals surface area (Å²) in [7, 11) is 8.04. The fourth-order valence-electron chi connectivity index (χ4n) is 9.37. The van der Waals surface area contributed by atoms with Crippen molar-refractivity contribution in [3.05, 3.63) is 253 Å². The van der Waals surface area contributed by atoms with Gasteiger partial charge in [0.25, 0.3) is 0 Å². The Bertz CT molecular complexity index is 3470. The van der Waals surface area contributed by atoms with Gasteiger partial charge < -0.3 is 44.0 Å². The van der Waals surface area contributed by atoms with Gasteiger partial charge in [-0.25, -0.2) is 29.9 Å². The van der Waals surface area contributed by atoms with Crippen molar-refractivity contribution in [1.82, 2.24) is 103 Å². The number of imidazole rings is 6. The molecule has 12 rings (SSSR count). The Hall–Kier alpha value is -9.42. The van der Waals surface area contributed by atoms with Crippen molar-refractivity contribution in [3.63, 3.8) is 0 Å². The van der Waals surface area contributed by atoms with Crippen molar-refractivity contribution < 1.29 is 5.11 Å². The lowest BCUT2D eigenvalue weighted by molar-refractivity contribution is 0.179. The molecule has 0 spiro atoms. The number of pyridine rings is 4. The van der Waals surface area contributed by atoms with Crippen molar-refractivity contribution in [2.45, 2.75) is 65.4 Å². The lowest BCUT2D eigenvalue weighted by Crippen LogP contribution is -2.28. The summed E-state index contributed by atoms with van der Waals surface area (Å²) in [5.74, 6) is 5.95. The van der Waals surface area contributed by atoms with Crippen molar-refractivity contribution in [1.29, 1.82) is 0 Å². The molecule has 86 heavy (non-hydrogen) atoms. The van der Waals surface area contributed by atoms with Crippen molar-refractivity contribution in [2.24, 2.45) is 28.2 Å². The molecule has 0 fully saturated rings. The molecular formula is C64H77N21O. The smallest absolute Gasteiger partial charge is 0.122 e. The number of nitrogens with one attached hydrogen (secondary N) is 4. The molecule has 0 aliphatic rings. The highest BCUT2D eigenvalue weighted by Gasteiger charge is 2.16. The highest BCUT2D eigenvalue weighted by molar-refractivity contribution is 5.75. The maximum absolute atomic E-state index is 9.37. The average molecular weight is 1160 g/mol. The van der Waals surface area contributed by atoms with Gasteiger partial charge in [0.05, 0.1) is 90.7 Å². The molecule has 10 heterocycles. The van der Waals surface area contributed by atoms with E-state index in [1.807, 2.05) is 242 Å². The van der Waals surface area contributed by atoms with Crippen molar-refractivity contribution in [3.8, 4) is 0 Å². The molecule has 0 radical (unpaired) electrons. The molecule has 12 aromatic rings. The number of hydrogen-bond acceptors (Lipinski definition) is 16. The van der Waals surface area contributed by atoms with Gasteiger partial charge in [-0.2, -0.15) is 0 Å². The van der Waals surface area contributed by atoms with E-state index in [0.29, 0.717) is 19.6 Å². The third-order valence-corrected chi connectivity index (χ3v) is 13.9. The Balaban J connectivity index is 0.000000138. The summed E-state index contributed by atoms with van der Waals surface area (Å²) >= 11 is 0. The zero-order chi connectivity index (χ0) is 59.6. The summed E-state index contributed by atoms with van der Waals surface area (Å²) < 4.78 is 8.14. The molecule has 5 N–H and O–H groups in total. The Kier molecular flexibility index (Phi) is 23.2. The van der Waals surface area contributed by atoms with Crippen LogP contribution in [0.4, 0.5) is 0 Å². The quantitative estimate of drug-likeness (QED) is 0.0354. The minimum Gasteiger partial charge on any atom is -0.395 e. The molecule has 0 amide bonds. The fourth-order valence-corrected chi connectivity index (χ4v) is 9.37. The van der Waals surface area contributed by atoms with Gasteiger partial charge in [-0.3, -0.25) is 34.6 Å². The first-order chi connectivity index (χ1) is 42.2. The maximum atomic E-state index is 9.37. The average Bonchev–Trinajstić information content (AvgIpc) is 4.26. The van der Waals surface area contributed by atoms with E-state index in [9.17, 15) is 5.11 Å². The van der Waals surface area contributed by atoms with E-state index < -0.39 is 0 Å². The van der Waals surface area contributed by atoms with Crippen molar-refractivity contribution in [2.75, 3.05) is 26.2 Å². The Morgan fingerprint density at radius 1 is 0.372 bits per heavy atom. The number of H-pyrrole nitrogens is 2. The second-order valence-corrected chi connectivity index (χ2v) is 20.6. The predicted octanol–water partition coefficient (Wildman–Crippen LogP) is 7.29. The summed E-state index contributed by atoms with van der Waals surface area (Å²) in [4.78, 5) is 57.6. The number of benzene rings is 2. The summed E-state index contributed by atoms with van der Waals surface area (Å²) in [6.07, 6.45) is 22.4. The molecule has 2 aromatic carbocycles. The zero-order valence-corrected chi connectivity index (χ0v) is 49.4. The van der Waals surface area contributed by atoms with Gasteiger partial charge in [-0.1, -0.05) is 48.5 Å². The number of nitrogens with zero attached hydrogens (tertiary/aromatic N) is 17. The lowest BCUT2D eigenvalue weighted by Gasteiger charge is -2.21. The molecule has 0 aliphatic heterocycles. The summed E-state index contributed by atoms with van der Waals surface area (Å²) in [6, 6.07) is 39.9. The second kappa shape index (κ2) is 32.6. The number of aromatic amines is 2. The number of hydrogen-bond donors (Lipinski definition) is 5. The monoisotopic (exact) mass is 1160 g/mol. The molecule has 22 nitrogen and oxygen atoms in total. The van der Waals surface area contributed by atoms with Crippen LogP contribution in [0.15, 0.2) is 196 Å². The van der Waals surface area contributed by atoms with Crippen LogP contribution in [0.25, 0.3) is 22.1 Å². The second-order valence-electron chi connectivity index (χ2n) is 20.6. The summed E-state index contributed by atoms with van der Waals surface area (Å²) in [5.41, 5.74) is 8.17. The lowest BCUT2D eigenvalue weighted by atomic mass is 10.2. The molecule has 0 saturated heterocycles. The number of aromatic nitrogens is 16. The SMILES string of the molecule is Cn1ccnc1CN(Cc1ccccn1)Cc1nccn1C.Cn1ccnc1CNCCNCc1nccn1C.OCCN(Cc1nc2ccccc2[nH]1)Cc1nc2ccccc2[nH]1.c1ccc(CN(Cc2ccccn2)Cc2ccccn2)nc1. The van der Waals surface area contributed by atoms with Crippen LogP contribution in [0.5, 0.6) is 0 Å². The molecule has 10 aromatic heterocycles. The third kappa shape index (κ3) is 19.3. The van der Waals surface area contributed by atoms with E-state index in [-0.39, 0.29) is 6.61 Å². The molecule has 0 unspecified atom stereocenters. The van der Waals surface area contributed by atoms with Gasteiger partial charge >= 0.3 is 0 Å². The van der Waals surface area contributed by atoms with E-state index in [1.54, 1.807) is 0 Å². The van der Waals surface area contributed by atoms with Crippen LogP contribution < -0.4 is 10.6 Å². The van der Waals surface area contributed by atoms with E-state index in [2.05, 4.69) is 85.1 Å². The number of para-hydroxylation sites is 4. The first kappa shape index (κ1) is 61.1. The first-order valence-corrected chi connectivity index (χ1v) is 28.7. The summed E-state index contributed by atoms with van der Waals surface area (Å²) in [5, 5.41) is 16.1. The fraction of sp³-hybridized carbons (Fsp3) is 0.281. The molecule has 0 atom stereocenters. The predicted molar refractivity (Wildman–Crippen MR) is 332 cm³/mol. The van der Waals surface area contributed by atoms with E-state index >= 15 is 0 Å². The molecule has 22 heteroatoms. The highest BCUT2D eigenvalue weighted by Crippen LogP contribution is 2.17. The molecule has 0 saturated carbocycles. The standard InChI is InChI=1S/C18H19N5O.C18H18N4.C16H20N6.C12H20N6/c24-10-9-23(11-17-19-13-5-1-2-6-14(13)20-17)12-18-21-15-7-3-4-8-16(15)22-18;1-4-10-19-16(7-1)13-22(14-17-8-2-5-11-20-17)15-18-9-3-6-12-21-18;1-20-9-7-18-15(20)12-22(11-14-5-3-4-6-17-14)13-16-19-8-10-21(16)2;1-17-7-5-15-11(17)9-13-3-4-14-10-12-16-6-8-18(12)2/h1-8,24H,9-12H2,(H,19,20)(H,21,22);1-12H,13-15H2;3-10H,11-13H2,1-2H3;5-8,13-14H,3-4,9-10H2,1-2H3. The number of fused-ring (bicyclic) bond motifs is 2. The van der Waals surface area contributed by atoms with Crippen LogP contribution in [0.2, 0.25) is 0 Å². The summed E-state index contributed by atoms with van der Waals surface area (Å²) in [6.45, 7) is 9.94. The third-order valence-electron chi connectivity index (χ3n) is 13.9.